The molecule has 1 aliphatic carbocycles. The third kappa shape index (κ3) is 5.76. The van der Waals surface area contributed by atoms with E-state index in [1.807, 2.05) is 31.2 Å². The van der Waals surface area contributed by atoms with Crippen molar-refractivity contribution < 1.29 is 4.79 Å². The molecule has 0 aromatic heterocycles. The normalized spacial score (nSPS) is 16.3. The van der Waals surface area contributed by atoms with Gasteiger partial charge in [-0.2, -0.15) is 0 Å². The Morgan fingerprint density at radius 2 is 2.09 bits per heavy atom. The molecule has 1 aliphatic rings. The van der Waals surface area contributed by atoms with Crippen LogP contribution in [0.2, 0.25) is 0 Å². The third-order valence-electron chi connectivity index (χ3n) is 3.88. The number of carbonyl (C=O) groups excluding carboxylic acids is 1. The summed E-state index contributed by atoms with van der Waals surface area (Å²) in [6.07, 6.45) is 6.32. The Morgan fingerprint density at radius 1 is 1.32 bits per heavy atom. The van der Waals surface area contributed by atoms with E-state index < -0.39 is 0 Å². The molecule has 0 aliphatic heterocycles. The first-order chi connectivity index (χ1) is 10.6. The van der Waals surface area contributed by atoms with Crippen LogP contribution < -0.4 is 16.4 Å². The molecule has 0 radical (unpaired) electrons. The molecule has 0 unspecified atom stereocenters. The van der Waals surface area contributed by atoms with E-state index in [0.29, 0.717) is 25.0 Å². The number of carbonyl (C=O) groups is 1. The van der Waals surface area contributed by atoms with Crippen molar-refractivity contribution in [3.8, 4) is 0 Å². The lowest BCUT2D eigenvalue weighted by molar-refractivity contribution is -0.121. The highest BCUT2D eigenvalue weighted by molar-refractivity contribution is 5.92. The monoisotopic (exact) mass is 302 g/mol. The molecular formula is C17H26N4O. The Labute approximate surface area is 132 Å². The molecule has 5 nitrogen and oxygen atoms in total. The molecule has 0 heterocycles. The van der Waals surface area contributed by atoms with E-state index >= 15 is 0 Å². The quantitative estimate of drug-likeness (QED) is 0.577. The van der Waals surface area contributed by atoms with Crippen molar-refractivity contribution in [2.75, 3.05) is 11.9 Å². The number of aryl methyl sites for hydroxylation is 1. The molecule has 0 atom stereocenters. The molecule has 1 fully saturated rings. The second kappa shape index (κ2) is 8.41. The van der Waals surface area contributed by atoms with Gasteiger partial charge in [-0.05, 0) is 37.5 Å². The highest BCUT2D eigenvalue weighted by Crippen LogP contribution is 2.17. The minimum absolute atomic E-state index is 0.0685. The lowest BCUT2D eigenvalue weighted by Crippen LogP contribution is -2.36. The van der Waals surface area contributed by atoms with Crippen LogP contribution in [0, 0.1) is 6.92 Å². The van der Waals surface area contributed by atoms with Crippen molar-refractivity contribution in [1.29, 1.82) is 0 Å². The SMILES string of the molecule is Cc1cccc(NC(N)=NCCC(=O)NC2CCCCC2)c1. The zero-order valence-corrected chi connectivity index (χ0v) is 13.3. The van der Waals surface area contributed by atoms with Crippen LogP contribution >= 0.6 is 0 Å². The smallest absolute Gasteiger partial charge is 0.222 e. The maximum atomic E-state index is 11.9. The van der Waals surface area contributed by atoms with Gasteiger partial charge in [0.1, 0.15) is 0 Å². The molecule has 4 N–H and O–H groups in total. The Balaban J connectivity index is 1.70. The van der Waals surface area contributed by atoms with Crippen LogP contribution in [0.5, 0.6) is 0 Å². The average molecular weight is 302 g/mol. The number of nitrogens with two attached hydrogens (primary N) is 1. The second-order valence-corrected chi connectivity index (χ2v) is 5.91. The predicted octanol–water partition coefficient (Wildman–Crippen LogP) is 2.56. The number of benzene rings is 1. The predicted molar refractivity (Wildman–Crippen MR) is 90.9 cm³/mol. The Bertz CT molecular complexity index is 521. The molecule has 1 aromatic rings. The highest BCUT2D eigenvalue weighted by atomic mass is 16.1. The largest absolute Gasteiger partial charge is 0.370 e. The number of aliphatic imine (C=N–C) groups is 1. The summed E-state index contributed by atoms with van der Waals surface area (Å²) >= 11 is 0. The first-order valence-electron chi connectivity index (χ1n) is 8.06. The average Bonchev–Trinajstić information content (AvgIpc) is 2.48. The Kier molecular flexibility index (Phi) is 6.25. The fourth-order valence-electron chi connectivity index (χ4n) is 2.73. The van der Waals surface area contributed by atoms with Crippen molar-refractivity contribution >= 4 is 17.6 Å². The molecule has 22 heavy (non-hydrogen) atoms. The molecule has 2 rings (SSSR count). The van der Waals surface area contributed by atoms with Crippen LogP contribution in [0.4, 0.5) is 5.69 Å². The van der Waals surface area contributed by atoms with E-state index in [9.17, 15) is 4.79 Å². The molecule has 5 heteroatoms. The van der Waals surface area contributed by atoms with E-state index in [4.69, 9.17) is 5.73 Å². The molecule has 0 saturated heterocycles. The number of hydrogen-bond donors (Lipinski definition) is 3. The first kappa shape index (κ1) is 16.3. The second-order valence-electron chi connectivity index (χ2n) is 5.91. The van der Waals surface area contributed by atoms with Gasteiger partial charge in [0, 0.05) is 18.2 Å². The van der Waals surface area contributed by atoms with Gasteiger partial charge < -0.3 is 16.4 Å². The minimum Gasteiger partial charge on any atom is -0.370 e. The van der Waals surface area contributed by atoms with Crippen LogP contribution in [-0.2, 0) is 4.79 Å². The van der Waals surface area contributed by atoms with Gasteiger partial charge in [-0.1, -0.05) is 31.4 Å². The van der Waals surface area contributed by atoms with Crippen molar-refractivity contribution in [1.82, 2.24) is 5.32 Å². The van der Waals surface area contributed by atoms with Gasteiger partial charge in [-0.15, -0.1) is 0 Å². The van der Waals surface area contributed by atoms with E-state index in [1.54, 1.807) is 0 Å². The summed E-state index contributed by atoms with van der Waals surface area (Å²) in [5.74, 6) is 0.412. The summed E-state index contributed by atoms with van der Waals surface area (Å²) in [5.41, 5.74) is 7.90. The van der Waals surface area contributed by atoms with Gasteiger partial charge in [0.05, 0.1) is 6.54 Å². The van der Waals surface area contributed by atoms with Crippen molar-refractivity contribution in [3.63, 3.8) is 0 Å². The lowest BCUT2D eigenvalue weighted by Gasteiger charge is -2.22. The van der Waals surface area contributed by atoms with E-state index in [1.165, 1.54) is 19.3 Å². The number of guanidine groups is 1. The summed E-state index contributed by atoms with van der Waals surface area (Å²) in [7, 11) is 0. The third-order valence-corrected chi connectivity index (χ3v) is 3.88. The maximum absolute atomic E-state index is 11.9. The maximum Gasteiger partial charge on any atom is 0.222 e. The van der Waals surface area contributed by atoms with Gasteiger partial charge in [0.15, 0.2) is 5.96 Å². The summed E-state index contributed by atoms with van der Waals surface area (Å²) < 4.78 is 0. The standard InChI is InChI=1S/C17H26N4O/c1-13-6-5-9-15(12-13)21-17(18)19-11-10-16(22)20-14-7-3-2-4-8-14/h5-6,9,12,14H,2-4,7-8,10-11H2,1H3,(H,20,22)(H3,18,19,21). The number of nitrogens with one attached hydrogen (secondary N) is 2. The highest BCUT2D eigenvalue weighted by Gasteiger charge is 2.15. The summed E-state index contributed by atoms with van der Waals surface area (Å²) in [5, 5.41) is 6.11. The van der Waals surface area contributed by atoms with Crippen LogP contribution in [0.25, 0.3) is 0 Å². The van der Waals surface area contributed by atoms with E-state index in [-0.39, 0.29) is 5.91 Å². The molecule has 0 spiro atoms. The van der Waals surface area contributed by atoms with Crippen molar-refractivity contribution in [3.05, 3.63) is 29.8 Å². The van der Waals surface area contributed by atoms with Gasteiger partial charge in [-0.25, -0.2) is 0 Å². The molecule has 0 bridgehead atoms. The van der Waals surface area contributed by atoms with Crippen LogP contribution in [-0.4, -0.2) is 24.5 Å². The van der Waals surface area contributed by atoms with Crippen LogP contribution in [0.3, 0.4) is 0 Å². The van der Waals surface area contributed by atoms with Crippen molar-refractivity contribution in [2.45, 2.75) is 51.5 Å². The number of nitrogens with zero attached hydrogens (tertiary/aromatic N) is 1. The van der Waals surface area contributed by atoms with Gasteiger partial charge in [0.25, 0.3) is 0 Å². The number of amides is 1. The summed E-state index contributed by atoms with van der Waals surface area (Å²) in [6, 6.07) is 8.27. The fourth-order valence-corrected chi connectivity index (χ4v) is 2.73. The van der Waals surface area contributed by atoms with E-state index in [0.717, 1.165) is 24.1 Å². The molecule has 120 valence electrons. The number of rotatable bonds is 5. The fraction of sp³-hybridized carbons (Fsp3) is 0.529. The zero-order chi connectivity index (χ0) is 15.8. The van der Waals surface area contributed by atoms with Crippen LogP contribution in [0.15, 0.2) is 29.3 Å². The van der Waals surface area contributed by atoms with Gasteiger partial charge >= 0.3 is 0 Å². The minimum atomic E-state index is 0.0685. The van der Waals surface area contributed by atoms with Crippen molar-refractivity contribution in [2.24, 2.45) is 10.7 Å². The Hall–Kier alpha value is -2.04. The molecule has 1 amide bonds. The Morgan fingerprint density at radius 3 is 2.82 bits per heavy atom. The molecule has 1 saturated carbocycles. The van der Waals surface area contributed by atoms with Gasteiger partial charge in [-0.3, -0.25) is 9.79 Å². The molecule has 1 aromatic carbocycles. The van der Waals surface area contributed by atoms with Gasteiger partial charge in [0.2, 0.25) is 5.91 Å². The van der Waals surface area contributed by atoms with E-state index in [2.05, 4.69) is 15.6 Å². The number of anilines is 1. The first-order valence-corrected chi connectivity index (χ1v) is 8.06. The molecular weight excluding hydrogens is 276 g/mol. The lowest BCUT2D eigenvalue weighted by atomic mass is 9.95. The summed E-state index contributed by atoms with van der Waals surface area (Å²) in [6.45, 7) is 2.43. The summed E-state index contributed by atoms with van der Waals surface area (Å²) in [4.78, 5) is 16.1. The van der Waals surface area contributed by atoms with Crippen LogP contribution in [0.1, 0.15) is 44.1 Å². The number of hydrogen-bond acceptors (Lipinski definition) is 2. The zero-order valence-electron chi connectivity index (χ0n) is 13.3. The topological polar surface area (TPSA) is 79.5 Å².